The van der Waals surface area contributed by atoms with Crippen LogP contribution in [0.5, 0.6) is 0 Å². The van der Waals surface area contributed by atoms with Gasteiger partial charge in [-0.05, 0) is 61.0 Å². The third-order valence-electron chi connectivity index (χ3n) is 10.5. The van der Waals surface area contributed by atoms with E-state index in [1.54, 1.807) is 78.1 Å². The van der Waals surface area contributed by atoms with Crippen LogP contribution in [0, 0.1) is 17.8 Å². The zero-order valence-electron chi connectivity index (χ0n) is 40.1. The van der Waals surface area contributed by atoms with E-state index < -0.39 is 152 Å². The van der Waals surface area contributed by atoms with Crippen molar-refractivity contribution < 1.29 is 68.4 Å². The fourth-order valence-corrected chi connectivity index (χ4v) is 6.96. The summed E-state index contributed by atoms with van der Waals surface area (Å²) in [7, 11) is 0. The number of carboxylic acid groups (broad SMARTS) is 1. The van der Waals surface area contributed by atoms with Crippen LogP contribution in [0.4, 0.5) is 0 Å². The van der Waals surface area contributed by atoms with E-state index in [0.29, 0.717) is 5.75 Å². The van der Waals surface area contributed by atoms with Crippen LogP contribution in [0.3, 0.4) is 0 Å². The van der Waals surface area contributed by atoms with E-state index in [-0.39, 0.29) is 31.6 Å². The molecule has 0 saturated carbocycles. The van der Waals surface area contributed by atoms with Gasteiger partial charge in [0.2, 0.25) is 53.2 Å². The number of hydrogen-bond donors (Lipinski definition) is 14. The van der Waals surface area contributed by atoms with Gasteiger partial charge < -0.3 is 74.4 Å². The van der Waals surface area contributed by atoms with E-state index in [4.69, 9.17) is 11.5 Å². The highest BCUT2D eigenvalue weighted by Crippen LogP contribution is 2.11. The lowest BCUT2D eigenvalue weighted by atomic mass is 10.00. The van der Waals surface area contributed by atoms with Crippen molar-refractivity contribution in [3.05, 3.63) is 35.9 Å². The Labute approximate surface area is 405 Å². The maximum absolute atomic E-state index is 13.6. The van der Waals surface area contributed by atoms with Crippen LogP contribution < -0.4 is 54.0 Å². The molecule has 0 aliphatic carbocycles. The lowest BCUT2D eigenvalue weighted by Gasteiger charge is -2.28. The maximum Gasteiger partial charge on any atom is 0.326 e. The Morgan fingerprint density at radius 2 is 0.928 bits per heavy atom. The summed E-state index contributed by atoms with van der Waals surface area (Å²) in [6.07, 6.45) is 1.22. The summed E-state index contributed by atoms with van der Waals surface area (Å²) in [5.74, 6) is -10.8. The predicted octanol–water partition coefficient (Wildman–Crippen LogP) is -4.13. The largest absolute Gasteiger partial charge is 0.480 e. The van der Waals surface area contributed by atoms with E-state index >= 15 is 0 Å². The number of hydrogen-bond acceptors (Lipinski definition) is 15. The van der Waals surface area contributed by atoms with E-state index in [0.717, 1.165) is 5.56 Å². The molecule has 0 aliphatic heterocycles. The molecule has 25 heteroatoms. The van der Waals surface area contributed by atoms with Crippen LogP contribution >= 0.6 is 11.8 Å². The van der Waals surface area contributed by atoms with Crippen LogP contribution in [-0.4, -0.2) is 166 Å². The zero-order valence-corrected chi connectivity index (χ0v) is 40.9. The highest BCUT2D eigenvalue weighted by molar-refractivity contribution is 7.98. The van der Waals surface area contributed by atoms with Crippen LogP contribution in [0.1, 0.15) is 72.8 Å². The van der Waals surface area contributed by atoms with Crippen molar-refractivity contribution in [1.82, 2.24) is 42.5 Å². The predicted molar refractivity (Wildman–Crippen MR) is 253 cm³/mol. The lowest BCUT2D eigenvalue weighted by molar-refractivity contribution is -0.144. The van der Waals surface area contributed by atoms with E-state index in [1.165, 1.54) is 11.8 Å². The number of nitrogens with two attached hydrogens (primary N) is 2. The molecule has 9 amide bonds. The summed E-state index contributed by atoms with van der Waals surface area (Å²) in [4.78, 5) is 130. The van der Waals surface area contributed by atoms with Gasteiger partial charge in [-0.2, -0.15) is 11.8 Å². The van der Waals surface area contributed by atoms with Crippen LogP contribution in [0.2, 0.25) is 0 Å². The Morgan fingerprint density at radius 3 is 1.35 bits per heavy atom. The number of carboxylic acids is 1. The first kappa shape index (κ1) is 61.1. The molecule has 24 nitrogen and oxygen atoms in total. The fraction of sp³-hybridized carbons (Fsp3) is 0.636. The highest BCUT2D eigenvalue weighted by atomic mass is 32.2. The zero-order chi connectivity index (χ0) is 52.5. The highest BCUT2D eigenvalue weighted by Gasteiger charge is 2.36. The molecule has 0 spiro atoms. The quantitative estimate of drug-likeness (QED) is 0.0326. The first-order valence-electron chi connectivity index (χ1n) is 22.5. The van der Waals surface area contributed by atoms with Gasteiger partial charge in [-0.15, -0.1) is 0 Å². The Morgan fingerprint density at radius 1 is 0.536 bits per heavy atom. The molecule has 388 valence electrons. The van der Waals surface area contributed by atoms with Crippen LogP contribution in [0.25, 0.3) is 0 Å². The molecule has 1 rings (SSSR count). The number of aliphatic carboxylic acids is 1. The maximum atomic E-state index is 13.6. The van der Waals surface area contributed by atoms with Crippen molar-refractivity contribution in [3.63, 3.8) is 0 Å². The number of primary amides is 1. The number of nitrogens with one attached hydrogen (secondary N) is 8. The van der Waals surface area contributed by atoms with Gasteiger partial charge in [0.05, 0.1) is 25.9 Å². The Hall–Kier alpha value is -5.89. The normalized spacial score (nSPS) is 15.2. The molecular weight excluding hydrogens is 925 g/mol. The number of benzene rings is 1. The first-order chi connectivity index (χ1) is 32.4. The molecule has 9 atom stereocenters. The van der Waals surface area contributed by atoms with Crippen molar-refractivity contribution in [2.24, 2.45) is 29.2 Å². The average molecular weight is 997 g/mol. The SMILES string of the molecule is CSCC[C@H](NC(=O)[C@@H](N)Cc1ccccc1)C(=O)N[C@@H](CCC(N)=O)C(=O)N[C@@H](CO)C(=O)N[C@@H](CC(C)C)C(=O)N[C@@H](CO)C(=O)N[C@@H](CO)C(=O)N[C@H](C(=O)N[C@H](C(=O)O)C(C)C)C(C)C. The second-order valence-electron chi connectivity index (χ2n) is 17.4. The smallest absolute Gasteiger partial charge is 0.326 e. The topological polar surface area (TPSA) is 400 Å². The minimum atomic E-state index is -1.77. The molecule has 0 saturated heterocycles. The minimum Gasteiger partial charge on any atom is -0.480 e. The third-order valence-corrected chi connectivity index (χ3v) is 11.1. The fourth-order valence-electron chi connectivity index (χ4n) is 6.49. The minimum absolute atomic E-state index is 0.0846. The molecule has 16 N–H and O–H groups in total. The number of carbonyl (C=O) groups excluding carboxylic acids is 9. The molecule has 0 aliphatic rings. The third kappa shape index (κ3) is 22.0. The second kappa shape index (κ2) is 31.3. The molecule has 0 unspecified atom stereocenters. The molecule has 69 heavy (non-hydrogen) atoms. The number of carbonyl (C=O) groups is 10. The summed E-state index contributed by atoms with van der Waals surface area (Å²) in [5, 5.41) is 58.8. The summed E-state index contributed by atoms with van der Waals surface area (Å²) in [5.41, 5.74) is 12.3. The average Bonchev–Trinajstić information content (AvgIpc) is 3.28. The number of rotatable bonds is 32. The Balaban J connectivity index is 3.18. The number of aliphatic hydroxyl groups is 3. The number of thioether (sulfide) groups is 1. The first-order valence-corrected chi connectivity index (χ1v) is 23.8. The second-order valence-corrected chi connectivity index (χ2v) is 18.4. The summed E-state index contributed by atoms with van der Waals surface area (Å²) in [6, 6.07) is -4.10. The van der Waals surface area contributed by atoms with Crippen molar-refractivity contribution in [3.8, 4) is 0 Å². The molecule has 0 bridgehead atoms. The van der Waals surface area contributed by atoms with E-state index in [1.807, 2.05) is 0 Å². The van der Waals surface area contributed by atoms with Gasteiger partial charge in [0.15, 0.2) is 0 Å². The van der Waals surface area contributed by atoms with Crippen LogP contribution in [-0.2, 0) is 54.4 Å². The Kier molecular flexibility index (Phi) is 27.7. The number of aliphatic hydroxyl groups excluding tert-OH is 3. The number of amides is 9. The van der Waals surface area contributed by atoms with Crippen molar-refractivity contribution >= 4 is 70.9 Å². The molecule has 1 aromatic rings. The van der Waals surface area contributed by atoms with E-state index in [9.17, 15) is 68.4 Å². The molecule has 0 fully saturated rings. The standard InChI is InChI=1S/C44H72N10O14S/c1-22(2)17-29(39(62)51-31(20-56)41(64)52-32(21-57)42(65)53-34(23(3)4)43(66)54-35(24(5)6)44(67)68)49-40(63)30(19-55)50-37(60)27(13-14-33(46)58)48-38(61)28(15-16-69-7)47-36(59)26(45)18-25-11-9-8-10-12-25/h8-12,22-24,26-32,34-35,55-57H,13-21,45H2,1-7H3,(H2,46,58)(H,47,59)(H,48,61)(H,49,63)(H,50,60)(H,51,62)(H,52,64)(H,53,65)(H,54,66)(H,67,68)/t26-,27-,28-,29-,30-,31-,32-,34-,35-/m0/s1. The van der Waals surface area contributed by atoms with Gasteiger partial charge in [-0.1, -0.05) is 71.9 Å². The Bertz CT molecular complexity index is 1890. The molecular formula is C44H72N10O14S. The molecule has 0 heterocycles. The summed E-state index contributed by atoms with van der Waals surface area (Å²) < 4.78 is 0. The van der Waals surface area contributed by atoms with Gasteiger partial charge in [0.1, 0.15) is 48.3 Å². The molecule has 1 aromatic carbocycles. The van der Waals surface area contributed by atoms with Gasteiger partial charge in [-0.3, -0.25) is 43.2 Å². The molecule has 0 aromatic heterocycles. The van der Waals surface area contributed by atoms with Gasteiger partial charge >= 0.3 is 5.97 Å². The van der Waals surface area contributed by atoms with Gasteiger partial charge in [0, 0.05) is 6.42 Å². The summed E-state index contributed by atoms with van der Waals surface area (Å²) >= 11 is 1.38. The summed E-state index contributed by atoms with van der Waals surface area (Å²) in [6.45, 7) is 6.55. The van der Waals surface area contributed by atoms with Crippen molar-refractivity contribution in [1.29, 1.82) is 0 Å². The van der Waals surface area contributed by atoms with Gasteiger partial charge in [-0.25, -0.2) is 4.79 Å². The monoisotopic (exact) mass is 996 g/mol. The van der Waals surface area contributed by atoms with Crippen molar-refractivity contribution in [2.75, 3.05) is 31.8 Å². The lowest BCUT2D eigenvalue weighted by Crippen LogP contribution is -2.62. The van der Waals surface area contributed by atoms with Gasteiger partial charge in [0.25, 0.3) is 0 Å². The van der Waals surface area contributed by atoms with Crippen molar-refractivity contribution in [2.45, 2.75) is 128 Å². The molecule has 0 radical (unpaired) electrons. The van der Waals surface area contributed by atoms with E-state index in [2.05, 4.69) is 42.5 Å². The van der Waals surface area contributed by atoms with Crippen LogP contribution in [0.15, 0.2) is 30.3 Å².